The lowest BCUT2D eigenvalue weighted by Crippen LogP contribution is -2.27. The molecule has 1 N–H and O–H groups in total. The van der Waals surface area contributed by atoms with E-state index in [1.165, 1.54) is 4.88 Å². The zero-order valence-corrected chi connectivity index (χ0v) is 21.0. The zero-order valence-electron chi connectivity index (χ0n) is 19.4. The maximum atomic E-state index is 13.4. The number of methoxy groups -OCH3 is 1. The van der Waals surface area contributed by atoms with Crippen LogP contribution >= 0.6 is 22.9 Å². The molecule has 1 heterocycles. The van der Waals surface area contributed by atoms with Gasteiger partial charge in [-0.2, -0.15) is 0 Å². The number of para-hydroxylation sites is 1. The normalized spacial score (nSPS) is 16.0. The average Bonchev–Trinajstić information content (AvgIpc) is 3.15. The quantitative estimate of drug-likeness (QED) is 0.383. The number of benzene rings is 2. The first-order valence-electron chi connectivity index (χ1n) is 11.1. The number of amides is 1. The average molecular weight is 481 g/mol. The van der Waals surface area contributed by atoms with Crippen LogP contribution in [0.1, 0.15) is 53.6 Å². The largest absolute Gasteiger partial charge is 0.495 e. The number of ether oxygens (including phenoxy) is 1. The van der Waals surface area contributed by atoms with Gasteiger partial charge < -0.3 is 10.1 Å². The van der Waals surface area contributed by atoms with Crippen molar-refractivity contribution >= 4 is 45.7 Å². The number of rotatable bonds is 5. The maximum Gasteiger partial charge on any atom is 0.259 e. The minimum Gasteiger partial charge on any atom is -0.495 e. The standard InChI is InChI=1S/C27H29ClN2O2S/c1-27(2,3)18-11-12-20-23(15-18)33-26(24(20)25(31)30-19-8-6-5-7-9-19)29-16-17-10-13-22(32-4)21(28)14-17/h5-10,13-14,16,18H,11-12,15H2,1-4H3,(H,30,31)/t18-/m0/s1. The molecule has 1 atom stereocenters. The van der Waals surface area contributed by atoms with E-state index in [-0.39, 0.29) is 11.3 Å². The predicted molar refractivity (Wildman–Crippen MR) is 139 cm³/mol. The fourth-order valence-electron chi connectivity index (χ4n) is 4.25. The predicted octanol–water partition coefficient (Wildman–Crippen LogP) is 7.56. The molecule has 4 nitrogen and oxygen atoms in total. The highest BCUT2D eigenvalue weighted by molar-refractivity contribution is 7.16. The van der Waals surface area contributed by atoms with E-state index in [1.807, 2.05) is 48.5 Å². The van der Waals surface area contributed by atoms with Crippen molar-refractivity contribution < 1.29 is 9.53 Å². The Morgan fingerprint density at radius 3 is 2.64 bits per heavy atom. The molecule has 0 saturated carbocycles. The molecule has 0 aliphatic heterocycles. The van der Waals surface area contributed by atoms with Gasteiger partial charge in [-0.1, -0.05) is 50.6 Å². The van der Waals surface area contributed by atoms with Crippen molar-refractivity contribution in [1.82, 2.24) is 0 Å². The molecule has 0 fully saturated rings. The first kappa shape index (κ1) is 23.5. The summed E-state index contributed by atoms with van der Waals surface area (Å²) in [6, 6.07) is 15.1. The molecule has 1 amide bonds. The van der Waals surface area contributed by atoms with Crippen molar-refractivity contribution in [3.05, 3.63) is 75.1 Å². The summed E-state index contributed by atoms with van der Waals surface area (Å²) < 4.78 is 5.24. The van der Waals surface area contributed by atoms with Gasteiger partial charge in [-0.05, 0) is 72.1 Å². The number of fused-ring (bicyclic) bond motifs is 1. The van der Waals surface area contributed by atoms with Gasteiger partial charge in [0.05, 0.1) is 17.7 Å². The molecule has 6 heteroatoms. The number of aliphatic imine (C=N–C) groups is 1. The number of anilines is 1. The fourth-order valence-corrected chi connectivity index (χ4v) is 5.78. The second kappa shape index (κ2) is 9.70. The lowest BCUT2D eigenvalue weighted by Gasteiger charge is -2.33. The van der Waals surface area contributed by atoms with Crippen molar-refractivity contribution in [3.8, 4) is 5.75 Å². The maximum absolute atomic E-state index is 13.4. The number of carbonyl (C=O) groups is 1. The third-order valence-corrected chi connectivity index (χ3v) is 7.69. The van der Waals surface area contributed by atoms with Gasteiger partial charge in [-0.3, -0.25) is 4.79 Å². The van der Waals surface area contributed by atoms with E-state index in [4.69, 9.17) is 21.3 Å². The van der Waals surface area contributed by atoms with Crippen LogP contribution in [-0.4, -0.2) is 19.2 Å². The minimum absolute atomic E-state index is 0.104. The molecule has 4 rings (SSSR count). The van der Waals surface area contributed by atoms with Gasteiger partial charge in [0.15, 0.2) is 0 Å². The van der Waals surface area contributed by atoms with Crippen LogP contribution < -0.4 is 10.1 Å². The molecule has 2 aromatic carbocycles. The van der Waals surface area contributed by atoms with E-state index in [0.29, 0.717) is 22.3 Å². The SMILES string of the molecule is COc1ccc(C=Nc2sc3c(c2C(=O)Nc2ccccc2)CC[C@H](C(C)(C)C)C3)cc1Cl. The third-order valence-electron chi connectivity index (χ3n) is 6.24. The molecule has 0 radical (unpaired) electrons. The highest BCUT2D eigenvalue weighted by Crippen LogP contribution is 2.45. The number of nitrogens with one attached hydrogen (secondary N) is 1. The Labute approximate surface area is 204 Å². The molecule has 1 aromatic heterocycles. The van der Waals surface area contributed by atoms with Crippen LogP contribution in [0.25, 0.3) is 0 Å². The van der Waals surface area contributed by atoms with Gasteiger partial charge in [-0.15, -0.1) is 11.3 Å². The first-order valence-corrected chi connectivity index (χ1v) is 12.3. The Hall–Kier alpha value is -2.63. The van der Waals surface area contributed by atoms with Crippen LogP contribution in [0.2, 0.25) is 5.02 Å². The second-order valence-electron chi connectivity index (χ2n) is 9.46. The van der Waals surface area contributed by atoms with Crippen molar-refractivity contribution in [1.29, 1.82) is 0 Å². The number of thiophene rings is 1. The molecule has 33 heavy (non-hydrogen) atoms. The Morgan fingerprint density at radius 2 is 1.97 bits per heavy atom. The number of nitrogens with zero attached hydrogens (tertiary/aromatic N) is 1. The van der Waals surface area contributed by atoms with Crippen LogP contribution in [-0.2, 0) is 12.8 Å². The molecule has 0 spiro atoms. The van der Waals surface area contributed by atoms with Crippen LogP contribution in [0, 0.1) is 11.3 Å². The van der Waals surface area contributed by atoms with E-state index in [2.05, 4.69) is 26.1 Å². The molecule has 3 aromatic rings. The Bertz CT molecular complexity index is 1180. The molecule has 172 valence electrons. The van der Waals surface area contributed by atoms with Crippen molar-refractivity contribution in [2.45, 2.75) is 40.0 Å². The van der Waals surface area contributed by atoms with Crippen LogP contribution in [0.15, 0.2) is 53.5 Å². The van der Waals surface area contributed by atoms with Gasteiger partial charge in [0, 0.05) is 16.8 Å². The first-order chi connectivity index (χ1) is 15.8. The van der Waals surface area contributed by atoms with Gasteiger partial charge in [0.25, 0.3) is 5.91 Å². The highest BCUT2D eigenvalue weighted by Gasteiger charge is 2.33. The number of halogens is 1. The summed E-state index contributed by atoms with van der Waals surface area (Å²) in [5, 5.41) is 4.33. The van der Waals surface area contributed by atoms with Crippen LogP contribution in [0.5, 0.6) is 5.75 Å². The Balaban J connectivity index is 1.70. The minimum atomic E-state index is -0.104. The smallest absolute Gasteiger partial charge is 0.259 e. The van der Waals surface area contributed by atoms with E-state index < -0.39 is 0 Å². The van der Waals surface area contributed by atoms with Crippen LogP contribution in [0.4, 0.5) is 10.7 Å². The van der Waals surface area contributed by atoms with E-state index >= 15 is 0 Å². The molecule has 0 bridgehead atoms. The number of carbonyl (C=O) groups excluding carboxylic acids is 1. The third kappa shape index (κ3) is 5.31. The topological polar surface area (TPSA) is 50.7 Å². The molecule has 1 aliphatic rings. The van der Waals surface area contributed by atoms with E-state index in [9.17, 15) is 4.79 Å². The lowest BCUT2D eigenvalue weighted by atomic mass is 9.72. The van der Waals surface area contributed by atoms with Gasteiger partial charge in [0.2, 0.25) is 0 Å². The summed E-state index contributed by atoms with van der Waals surface area (Å²) in [7, 11) is 1.59. The van der Waals surface area contributed by atoms with Crippen molar-refractivity contribution in [3.63, 3.8) is 0 Å². The molecular formula is C27H29ClN2O2S. The summed E-state index contributed by atoms with van der Waals surface area (Å²) in [6.07, 6.45) is 4.73. The van der Waals surface area contributed by atoms with E-state index in [0.717, 1.165) is 41.1 Å². The molecule has 1 aliphatic carbocycles. The second-order valence-corrected chi connectivity index (χ2v) is 11.0. The van der Waals surface area contributed by atoms with Crippen LogP contribution in [0.3, 0.4) is 0 Å². The lowest BCUT2D eigenvalue weighted by molar-refractivity contribution is 0.102. The van der Waals surface area contributed by atoms with Crippen molar-refractivity contribution in [2.24, 2.45) is 16.3 Å². The van der Waals surface area contributed by atoms with Gasteiger partial charge >= 0.3 is 0 Å². The molecular weight excluding hydrogens is 452 g/mol. The van der Waals surface area contributed by atoms with Gasteiger partial charge in [0.1, 0.15) is 10.8 Å². The summed E-state index contributed by atoms with van der Waals surface area (Å²) in [5.41, 5.74) is 3.71. The van der Waals surface area contributed by atoms with E-state index in [1.54, 1.807) is 24.7 Å². The molecule has 0 unspecified atom stereocenters. The van der Waals surface area contributed by atoms with Gasteiger partial charge in [-0.25, -0.2) is 4.99 Å². The Morgan fingerprint density at radius 1 is 1.21 bits per heavy atom. The summed E-state index contributed by atoms with van der Waals surface area (Å²) in [6.45, 7) is 6.89. The summed E-state index contributed by atoms with van der Waals surface area (Å²) in [4.78, 5) is 19.4. The summed E-state index contributed by atoms with van der Waals surface area (Å²) in [5.74, 6) is 1.11. The fraction of sp³-hybridized carbons (Fsp3) is 0.333. The zero-order chi connectivity index (χ0) is 23.6. The monoisotopic (exact) mass is 480 g/mol. The highest BCUT2D eigenvalue weighted by atomic mass is 35.5. The number of hydrogen-bond acceptors (Lipinski definition) is 4. The molecule has 0 saturated heterocycles. The number of hydrogen-bond donors (Lipinski definition) is 1. The Kier molecular flexibility index (Phi) is 6.91. The van der Waals surface area contributed by atoms with Crippen molar-refractivity contribution in [2.75, 3.05) is 12.4 Å². The summed E-state index contributed by atoms with van der Waals surface area (Å²) >= 11 is 7.91.